The highest BCUT2D eigenvalue weighted by Crippen LogP contribution is 2.31. The number of carbonyl (C=O) groups is 1. The van der Waals surface area contributed by atoms with Gasteiger partial charge in [0.05, 0.1) is 12.0 Å². The van der Waals surface area contributed by atoms with E-state index in [4.69, 9.17) is 5.26 Å². The van der Waals surface area contributed by atoms with Crippen molar-refractivity contribution < 1.29 is 4.79 Å². The third-order valence-electron chi connectivity index (χ3n) is 3.40. The number of nitriles is 1. The third kappa shape index (κ3) is 2.38. The van der Waals surface area contributed by atoms with Gasteiger partial charge >= 0.3 is 0 Å². The molecule has 0 aliphatic carbocycles. The van der Waals surface area contributed by atoms with Crippen LogP contribution in [0.2, 0.25) is 0 Å². The number of nitrogens with zero attached hydrogens (tertiary/aromatic N) is 1. The standard InChI is InChI=1S/C15H18N2O/c1-15(2,3)12-4-5-13-11(9-12)8-10(6-7-16)14(18)17-13/h4-5,9-10H,6,8H2,1-3H3,(H,17,18). The zero-order chi connectivity index (χ0) is 13.3. The molecule has 1 aromatic carbocycles. The molecule has 2 rings (SSSR count). The molecule has 3 heteroatoms. The smallest absolute Gasteiger partial charge is 0.228 e. The lowest BCUT2D eigenvalue weighted by atomic mass is 9.83. The second-order valence-corrected chi connectivity index (χ2v) is 5.87. The molecule has 1 aliphatic heterocycles. The number of hydrogen-bond donors (Lipinski definition) is 1. The van der Waals surface area contributed by atoms with E-state index in [-0.39, 0.29) is 23.7 Å². The van der Waals surface area contributed by atoms with Crippen molar-refractivity contribution in [1.82, 2.24) is 0 Å². The molecule has 1 aromatic rings. The Morgan fingerprint density at radius 3 is 2.78 bits per heavy atom. The Morgan fingerprint density at radius 1 is 1.44 bits per heavy atom. The van der Waals surface area contributed by atoms with E-state index < -0.39 is 0 Å². The van der Waals surface area contributed by atoms with Gasteiger partial charge in [-0.3, -0.25) is 4.79 Å². The van der Waals surface area contributed by atoms with Gasteiger partial charge in [-0.2, -0.15) is 5.26 Å². The maximum atomic E-state index is 11.8. The second-order valence-electron chi connectivity index (χ2n) is 5.87. The van der Waals surface area contributed by atoms with Crippen LogP contribution in [0.5, 0.6) is 0 Å². The molecule has 0 saturated carbocycles. The minimum Gasteiger partial charge on any atom is -0.326 e. The summed E-state index contributed by atoms with van der Waals surface area (Å²) < 4.78 is 0. The highest BCUT2D eigenvalue weighted by Gasteiger charge is 2.27. The molecule has 3 nitrogen and oxygen atoms in total. The van der Waals surface area contributed by atoms with Gasteiger partial charge in [0.15, 0.2) is 0 Å². The Hall–Kier alpha value is -1.82. The fourth-order valence-electron chi connectivity index (χ4n) is 2.22. The van der Waals surface area contributed by atoms with Gasteiger partial charge in [-0.25, -0.2) is 0 Å². The van der Waals surface area contributed by atoms with E-state index in [1.54, 1.807) is 0 Å². The van der Waals surface area contributed by atoms with Crippen LogP contribution in [-0.4, -0.2) is 5.91 Å². The van der Waals surface area contributed by atoms with Gasteiger partial charge in [0.1, 0.15) is 0 Å². The number of carbonyl (C=O) groups excluding carboxylic acids is 1. The van der Waals surface area contributed by atoms with E-state index in [0.29, 0.717) is 6.42 Å². The minimum absolute atomic E-state index is 0.0347. The topological polar surface area (TPSA) is 52.9 Å². The van der Waals surface area contributed by atoms with Crippen molar-refractivity contribution in [3.63, 3.8) is 0 Å². The lowest BCUT2D eigenvalue weighted by molar-refractivity contribution is -0.120. The molecule has 0 bridgehead atoms. The monoisotopic (exact) mass is 242 g/mol. The summed E-state index contributed by atoms with van der Waals surface area (Å²) >= 11 is 0. The van der Waals surface area contributed by atoms with E-state index in [1.165, 1.54) is 5.56 Å². The average Bonchev–Trinajstić information content (AvgIpc) is 2.28. The molecular formula is C15H18N2O. The molecule has 0 spiro atoms. The van der Waals surface area contributed by atoms with Gasteiger partial charge in [0.2, 0.25) is 5.91 Å². The van der Waals surface area contributed by atoms with Gasteiger partial charge in [0.25, 0.3) is 0 Å². The van der Waals surface area contributed by atoms with E-state index in [2.05, 4.69) is 44.3 Å². The van der Waals surface area contributed by atoms with Gasteiger partial charge in [-0.1, -0.05) is 32.9 Å². The molecule has 1 unspecified atom stereocenters. The predicted octanol–water partition coefficient (Wildman–Crippen LogP) is 3.01. The molecule has 0 radical (unpaired) electrons. The summed E-state index contributed by atoms with van der Waals surface area (Å²) in [6.45, 7) is 6.51. The van der Waals surface area contributed by atoms with Crippen LogP contribution in [-0.2, 0) is 16.6 Å². The Kier molecular flexibility index (Phi) is 3.13. The Labute approximate surface area is 108 Å². The summed E-state index contributed by atoms with van der Waals surface area (Å²) in [5.74, 6) is -0.245. The highest BCUT2D eigenvalue weighted by molar-refractivity contribution is 5.95. The van der Waals surface area contributed by atoms with E-state index >= 15 is 0 Å². The Balaban J connectivity index is 2.34. The van der Waals surface area contributed by atoms with Crippen LogP contribution in [0.25, 0.3) is 0 Å². The van der Waals surface area contributed by atoms with Crippen molar-refractivity contribution in [2.45, 2.75) is 39.0 Å². The van der Waals surface area contributed by atoms with Gasteiger partial charge in [-0.05, 0) is 29.0 Å². The molecule has 1 N–H and O–H groups in total. The fourth-order valence-corrected chi connectivity index (χ4v) is 2.22. The van der Waals surface area contributed by atoms with Crippen LogP contribution in [0.4, 0.5) is 5.69 Å². The van der Waals surface area contributed by atoms with E-state index in [0.717, 1.165) is 11.3 Å². The number of amides is 1. The molecule has 1 heterocycles. The quantitative estimate of drug-likeness (QED) is 0.823. The fraction of sp³-hybridized carbons (Fsp3) is 0.467. The molecule has 0 aromatic heterocycles. The van der Waals surface area contributed by atoms with Crippen LogP contribution >= 0.6 is 0 Å². The summed E-state index contributed by atoms with van der Waals surface area (Å²) in [4.78, 5) is 11.8. The summed E-state index contributed by atoms with van der Waals surface area (Å²) in [7, 11) is 0. The molecular weight excluding hydrogens is 224 g/mol. The van der Waals surface area contributed by atoms with Crippen LogP contribution in [0.15, 0.2) is 18.2 Å². The largest absolute Gasteiger partial charge is 0.326 e. The number of anilines is 1. The van der Waals surface area contributed by atoms with Crippen LogP contribution in [0.1, 0.15) is 38.3 Å². The molecule has 18 heavy (non-hydrogen) atoms. The number of hydrogen-bond acceptors (Lipinski definition) is 2. The molecule has 94 valence electrons. The average molecular weight is 242 g/mol. The normalized spacial score (nSPS) is 18.8. The number of fused-ring (bicyclic) bond motifs is 1. The zero-order valence-electron chi connectivity index (χ0n) is 11.1. The lowest BCUT2D eigenvalue weighted by Gasteiger charge is -2.26. The van der Waals surface area contributed by atoms with Crippen molar-refractivity contribution in [2.24, 2.45) is 5.92 Å². The maximum absolute atomic E-state index is 11.8. The molecule has 1 atom stereocenters. The molecule has 1 aliphatic rings. The number of nitrogens with one attached hydrogen (secondary N) is 1. The summed E-state index contributed by atoms with van der Waals surface area (Å²) in [6.07, 6.45) is 0.948. The molecule has 1 amide bonds. The Bertz CT molecular complexity index is 520. The molecule has 0 saturated heterocycles. The van der Waals surface area contributed by atoms with Crippen molar-refractivity contribution in [3.05, 3.63) is 29.3 Å². The zero-order valence-corrected chi connectivity index (χ0v) is 11.1. The van der Waals surface area contributed by atoms with Crippen molar-refractivity contribution in [3.8, 4) is 6.07 Å². The van der Waals surface area contributed by atoms with Crippen LogP contribution in [0.3, 0.4) is 0 Å². The summed E-state index contributed by atoms with van der Waals surface area (Å²) in [5, 5.41) is 11.6. The summed E-state index contributed by atoms with van der Waals surface area (Å²) in [6, 6.07) is 8.26. The SMILES string of the molecule is CC(C)(C)c1ccc2c(c1)CC(CC#N)C(=O)N2. The van der Waals surface area contributed by atoms with Crippen molar-refractivity contribution in [2.75, 3.05) is 5.32 Å². The predicted molar refractivity (Wildman–Crippen MR) is 71.2 cm³/mol. The minimum atomic E-state index is -0.210. The number of rotatable bonds is 1. The van der Waals surface area contributed by atoms with Crippen LogP contribution < -0.4 is 5.32 Å². The van der Waals surface area contributed by atoms with Crippen molar-refractivity contribution in [1.29, 1.82) is 5.26 Å². The first kappa shape index (κ1) is 12.6. The first-order valence-corrected chi connectivity index (χ1v) is 6.23. The first-order valence-electron chi connectivity index (χ1n) is 6.23. The van der Waals surface area contributed by atoms with Crippen molar-refractivity contribution >= 4 is 11.6 Å². The maximum Gasteiger partial charge on any atom is 0.228 e. The number of benzene rings is 1. The van der Waals surface area contributed by atoms with Gasteiger partial charge < -0.3 is 5.32 Å². The van der Waals surface area contributed by atoms with Gasteiger partial charge in [0, 0.05) is 12.1 Å². The molecule has 0 fully saturated rings. The van der Waals surface area contributed by atoms with Crippen LogP contribution in [0, 0.1) is 17.2 Å². The van der Waals surface area contributed by atoms with E-state index in [9.17, 15) is 4.79 Å². The Morgan fingerprint density at radius 2 is 2.17 bits per heavy atom. The third-order valence-corrected chi connectivity index (χ3v) is 3.40. The second kappa shape index (κ2) is 4.45. The first-order chi connectivity index (χ1) is 8.41. The van der Waals surface area contributed by atoms with E-state index in [1.807, 2.05) is 6.07 Å². The summed E-state index contributed by atoms with van der Waals surface area (Å²) in [5.41, 5.74) is 3.39. The van der Waals surface area contributed by atoms with Gasteiger partial charge in [-0.15, -0.1) is 0 Å². The lowest BCUT2D eigenvalue weighted by Crippen LogP contribution is -2.30. The highest BCUT2D eigenvalue weighted by atomic mass is 16.1.